The van der Waals surface area contributed by atoms with Gasteiger partial charge in [0, 0.05) is 81.3 Å². The number of thioether (sulfide) groups is 1. The van der Waals surface area contributed by atoms with E-state index in [1.54, 1.807) is 30.8 Å². The maximum atomic E-state index is 14.4. The van der Waals surface area contributed by atoms with E-state index in [0.717, 1.165) is 52.1 Å². The minimum Gasteiger partial charge on any atom is -0.464 e. The zero-order valence-electron chi connectivity index (χ0n) is 32.0. The highest BCUT2D eigenvalue weighted by Crippen LogP contribution is 2.57. The van der Waals surface area contributed by atoms with Crippen LogP contribution in [-0.2, 0) is 30.3 Å². The first-order chi connectivity index (χ1) is 26.0. The maximum Gasteiger partial charge on any atom is 0.324 e. The van der Waals surface area contributed by atoms with Gasteiger partial charge in [-0.2, -0.15) is 0 Å². The third kappa shape index (κ3) is 6.24. The Kier molecular flexibility index (Phi) is 9.90. The van der Waals surface area contributed by atoms with Crippen molar-refractivity contribution >= 4 is 46.3 Å². The van der Waals surface area contributed by atoms with Crippen LogP contribution in [0.3, 0.4) is 0 Å². The fourth-order valence-corrected chi connectivity index (χ4v) is 10.2. The largest absolute Gasteiger partial charge is 0.464 e. The van der Waals surface area contributed by atoms with E-state index in [1.807, 2.05) is 12.3 Å². The lowest BCUT2D eigenvalue weighted by Gasteiger charge is -2.42. The Bertz CT molecular complexity index is 1990. The molecule has 6 bridgehead atoms. The fourth-order valence-electron chi connectivity index (χ4n) is 9.05. The number of hydrogen-bond acceptors (Lipinski definition) is 10. The summed E-state index contributed by atoms with van der Waals surface area (Å²) in [6, 6.07) is 8.83. The number of fused-ring (bicyclic) bond motifs is 8. The van der Waals surface area contributed by atoms with Crippen LogP contribution in [0.1, 0.15) is 75.3 Å². The quantitative estimate of drug-likeness (QED) is 0.348. The van der Waals surface area contributed by atoms with Crippen molar-refractivity contribution in [2.75, 3.05) is 47.6 Å². The van der Waals surface area contributed by atoms with Crippen LogP contribution >= 0.6 is 11.8 Å². The third-order valence-electron chi connectivity index (χ3n) is 12.1. The van der Waals surface area contributed by atoms with Gasteiger partial charge in [0.1, 0.15) is 18.2 Å². The summed E-state index contributed by atoms with van der Waals surface area (Å²) >= 11 is 1.65. The number of amides is 3. The summed E-state index contributed by atoms with van der Waals surface area (Å²) in [5.41, 5.74) is 10.0. The Labute approximate surface area is 320 Å². The van der Waals surface area contributed by atoms with Crippen LogP contribution in [0, 0.1) is 5.41 Å². The number of esters is 1. The van der Waals surface area contributed by atoms with Crippen molar-refractivity contribution in [3.05, 3.63) is 58.8 Å². The molecular weight excluding hydrogens is 707 g/mol. The molecule has 2 fully saturated rings. The van der Waals surface area contributed by atoms with Crippen molar-refractivity contribution in [3.8, 4) is 11.3 Å². The summed E-state index contributed by atoms with van der Waals surface area (Å²) in [6.07, 6.45) is 3.68. The molecule has 2 N–H and O–H groups in total. The molecule has 3 amide bonds. The predicted molar refractivity (Wildman–Crippen MR) is 207 cm³/mol. The summed E-state index contributed by atoms with van der Waals surface area (Å²) in [4.78, 5) is 50.6. The lowest BCUT2D eigenvalue weighted by molar-refractivity contribution is -0.156. The van der Waals surface area contributed by atoms with E-state index >= 15 is 0 Å². The summed E-state index contributed by atoms with van der Waals surface area (Å²) < 4.78 is 20.4. The van der Waals surface area contributed by atoms with Crippen LogP contribution in [0.15, 0.2) is 41.9 Å². The summed E-state index contributed by atoms with van der Waals surface area (Å²) in [6.45, 7) is 8.80. The standard InChI is InChI=1S/C40H51N7O6S/c1-7-46-29-13-12-23-18-26(29)32-33(36(51-6)34-25(35(32)46)10-8-15-41-34)40(2,3)22-53-38(49)27-11-9-16-47(43-27)37(48)28(19-31-45(5)30(23)21-54-31)42-39(50)44(4)24-14-17-52-20-24/h8,10,12-13,15,18,21,24,27-28,31,33,36,43H,7,9,11,14,16-17,19-20,22H2,1-6H3,(H,42,50)/t24-,27+,28+,31?,33?,36+/m1/s1. The van der Waals surface area contributed by atoms with Gasteiger partial charge in [-0.3, -0.25) is 19.6 Å². The number of nitrogens with zero attached hydrogens (tertiary/aromatic N) is 5. The van der Waals surface area contributed by atoms with Gasteiger partial charge >= 0.3 is 12.0 Å². The average Bonchev–Trinajstić information content (AvgIpc) is 3.93. The Balaban J connectivity index is 1.23. The molecule has 288 valence electrons. The lowest BCUT2D eigenvalue weighted by atomic mass is 9.67. The van der Waals surface area contributed by atoms with Crippen LogP contribution in [-0.4, -0.2) is 113 Å². The Morgan fingerprint density at radius 2 is 2.06 bits per heavy atom. The monoisotopic (exact) mass is 757 g/mol. The molecule has 0 saturated carbocycles. The van der Waals surface area contributed by atoms with Crippen LogP contribution < -0.4 is 10.7 Å². The molecule has 4 aliphatic heterocycles. The molecular formula is C40H51N7O6S. The van der Waals surface area contributed by atoms with Gasteiger partial charge in [0.2, 0.25) is 0 Å². The highest BCUT2D eigenvalue weighted by molar-refractivity contribution is 8.03. The maximum absolute atomic E-state index is 14.4. The van der Waals surface area contributed by atoms with Gasteiger partial charge in [0.25, 0.3) is 5.91 Å². The van der Waals surface area contributed by atoms with Crippen LogP contribution in [0.25, 0.3) is 27.9 Å². The summed E-state index contributed by atoms with van der Waals surface area (Å²) in [7, 11) is 5.53. The zero-order valence-corrected chi connectivity index (χ0v) is 32.8. The number of methoxy groups -OCH3 is 1. The number of aryl methyl sites for hydroxylation is 1. The normalized spacial score (nSPS) is 28.0. The minimum atomic E-state index is -0.844. The van der Waals surface area contributed by atoms with Crippen molar-refractivity contribution in [3.63, 3.8) is 0 Å². The van der Waals surface area contributed by atoms with Crippen molar-refractivity contribution < 1.29 is 28.6 Å². The fraction of sp³-hybridized carbons (Fsp3) is 0.550. The number of nitrogens with one attached hydrogen (secondary N) is 2. The molecule has 1 aromatic carbocycles. The number of hydrazine groups is 1. The van der Waals surface area contributed by atoms with Crippen molar-refractivity contribution in [2.24, 2.45) is 5.41 Å². The van der Waals surface area contributed by atoms with Crippen LogP contribution in [0.5, 0.6) is 0 Å². The molecule has 1 aliphatic carbocycles. The third-order valence-corrected chi connectivity index (χ3v) is 13.2. The molecule has 8 rings (SSSR count). The lowest BCUT2D eigenvalue weighted by Crippen LogP contribution is -2.61. The molecule has 0 radical (unpaired) electrons. The highest BCUT2D eigenvalue weighted by atomic mass is 32.2. The molecule has 3 aromatic rings. The van der Waals surface area contributed by atoms with E-state index in [-0.39, 0.29) is 42.0 Å². The van der Waals surface area contributed by atoms with Gasteiger partial charge in [-0.05, 0) is 67.0 Å². The molecule has 54 heavy (non-hydrogen) atoms. The van der Waals surface area contributed by atoms with Gasteiger partial charge < -0.3 is 33.9 Å². The number of ether oxygens (including phenoxy) is 3. The zero-order chi connectivity index (χ0) is 37.9. The molecule has 2 aromatic heterocycles. The number of aromatic nitrogens is 2. The molecule has 5 aliphatic rings. The van der Waals surface area contributed by atoms with Gasteiger partial charge in [0.05, 0.1) is 41.7 Å². The smallest absolute Gasteiger partial charge is 0.324 e. The number of urea groups is 1. The predicted octanol–water partition coefficient (Wildman–Crippen LogP) is 5.08. The molecule has 6 heterocycles. The number of pyridine rings is 1. The van der Waals surface area contributed by atoms with E-state index < -0.39 is 23.5 Å². The number of carbonyl (C=O) groups is 3. The highest BCUT2D eigenvalue weighted by Gasteiger charge is 2.48. The Morgan fingerprint density at radius 1 is 1.22 bits per heavy atom. The van der Waals surface area contributed by atoms with Crippen molar-refractivity contribution in [1.82, 2.24) is 35.1 Å². The molecule has 14 heteroatoms. The second kappa shape index (κ2) is 14.5. The van der Waals surface area contributed by atoms with Crippen LogP contribution in [0.4, 0.5) is 4.79 Å². The van der Waals surface area contributed by atoms with E-state index in [9.17, 15) is 14.4 Å². The van der Waals surface area contributed by atoms with E-state index in [0.29, 0.717) is 39.0 Å². The molecule has 13 nitrogen and oxygen atoms in total. The molecule has 6 atom stereocenters. The molecule has 2 saturated heterocycles. The topological polar surface area (TPSA) is 130 Å². The first-order valence-corrected chi connectivity index (χ1v) is 20.0. The van der Waals surface area contributed by atoms with Crippen molar-refractivity contribution in [2.45, 2.75) is 88.5 Å². The number of benzene rings is 1. The second-order valence-corrected chi connectivity index (χ2v) is 16.8. The second-order valence-electron chi connectivity index (χ2n) is 15.8. The van der Waals surface area contributed by atoms with E-state index in [4.69, 9.17) is 19.2 Å². The average molecular weight is 758 g/mol. The van der Waals surface area contributed by atoms with Gasteiger partial charge in [-0.25, -0.2) is 10.2 Å². The number of cyclic esters (lactones) is 1. The number of likely N-dealkylation sites (N-methyl/N-ethyl adjacent to an activating group) is 1. The summed E-state index contributed by atoms with van der Waals surface area (Å²) in [5, 5.41) is 7.72. The summed E-state index contributed by atoms with van der Waals surface area (Å²) in [5.74, 6) is -0.896. The van der Waals surface area contributed by atoms with Gasteiger partial charge in [0.15, 0.2) is 0 Å². The van der Waals surface area contributed by atoms with E-state index in [2.05, 4.69) is 77.7 Å². The first kappa shape index (κ1) is 36.8. The molecule has 0 spiro atoms. The van der Waals surface area contributed by atoms with Crippen LogP contribution in [0.2, 0.25) is 0 Å². The van der Waals surface area contributed by atoms with Gasteiger partial charge in [-0.15, -0.1) is 11.8 Å². The minimum absolute atomic E-state index is 0.0561. The van der Waals surface area contributed by atoms with E-state index in [1.165, 1.54) is 10.6 Å². The SMILES string of the molecule is CCn1c2c3c4cc(ccc41)C1=CSC(C[C@H](NC(=O)N(C)[C@@H]4CCOC4)C(=O)N4CCC[C@H](N4)C(=O)OCC(C)(C)C3[C@H](OC)c3ncccc3-2)N1C. The first-order valence-electron chi connectivity index (χ1n) is 19.1. The number of rotatable bonds is 4. The Hall–Kier alpha value is -4.11. The Morgan fingerprint density at radius 3 is 2.81 bits per heavy atom. The number of carbonyl (C=O) groups excluding carboxylic acids is 3. The van der Waals surface area contributed by atoms with Crippen molar-refractivity contribution in [1.29, 1.82) is 0 Å². The van der Waals surface area contributed by atoms with Gasteiger partial charge in [-0.1, -0.05) is 19.9 Å². The number of hydrogen-bond donors (Lipinski definition) is 2. The molecule has 2 unspecified atom stereocenters.